The van der Waals surface area contributed by atoms with Gasteiger partial charge in [-0.1, -0.05) is 0 Å². The Morgan fingerprint density at radius 1 is 1.55 bits per heavy atom. The standard InChI is InChI=1S/C6H7BrO4/c1-4(7)11-6(10)3-2-5(8)9/h2-4H,1H3,(H,8,9)/b3-2-. The van der Waals surface area contributed by atoms with E-state index in [1.54, 1.807) is 6.92 Å². The lowest BCUT2D eigenvalue weighted by molar-refractivity contribution is -0.139. The number of rotatable bonds is 3. The molecule has 0 radical (unpaired) electrons. The van der Waals surface area contributed by atoms with Gasteiger partial charge in [-0.05, 0) is 22.9 Å². The van der Waals surface area contributed by atoms with E-state index in [0.29, 0.717) is 0 Å². The summed E-state index contributed by atoms with van der Waals surface area (Å²) in [6.07, 6.45) is 1.57. The van der Waals surface area contributed by atoms with Gasteiger partial charge in [0.25, 0.3) is 0 Å². The maximum Gasteiger partial charge on any atom is 0.332 e. The second-order valence-corrected chi connectivity index (χ2v) is 2.94. The van der Waals surface area contributed by atoms with E-state index in [-0.39, 0.29) is 0 Å². The molecule has 0 spiro atoms. The fourth-order valence-corrected chi connectivity index (χ4v) is 0.523. The van der Waals surface area contributed by atoms with Crippen LogP contribution in [0.4, 0.5) is 0 Å². The first kappa shape index (κ1) is 10.2. The largest absolute Gasteiger partial charge is 0.478 e. The minimum atomic E-state index is -1.18. The molecule has 62 valence electrons. The lowest BCUT2D eigenvalue weighted by Gasteiger charge is -2.01. The highest BCUT2D eigenvalue weighted by molar-refractivity contribution is 9.09. The number of carboxylic acid groups (broad SMARTS) is 1. The second-order valence-electron chi connectivity index (χ2n) is 1.65. The van der Waals surface area contributed by atoms with Crippen LogP contribution in [0.15, 0.2) is 12.2 Å². The van der Waals surface area contributed by atoms with Gasteiger partial charge in [0.1, 0.15) is 0 Å². The van der Waals surface area contributed by atoms with Crippen LogP contribution in [0.25, 0.3) is 0 Å². The van der Waals surface area contributed by atoms with Crippen molar-refractivity contribution in [3.63, 3.8) is 0 Å². The molecule has 1 N–H and O–H groups in total. The van der Waals surface area contributed by atoms with E-state index < -0.39 is 17.0 Å². The van der Waals surface area contributed by atoms with E-state index in [1.807, 2.05) is 0 Å². The minimum Gasteiger partial charge on any atom is -0.478 e. The maximum atomic E-state index is 10.6. The average molecular weight is 223 g/mol. The Bertz CT molecular complexity index is 185. The van der Waals surface area contributed by atoms with E-state index in [0.717, 1.165) is 12.2 Å². The second kappa shape index (κ2) is 4.90. The molecule has 0 aromatic carbocycles. The molecular weight excluding hydrogens is 216 g/mol. The fourth-order valence-electron chi connectivity index (χ4n) is 0.339. The van der Waals surface area contributed by atoms with E-state index >= 15 is 0 Å². The molecule has 1 atom stereocenters. The van der Waals surface area contributed by atoms with Crippen LogP contribution < -0.4 is 0 Å². The van der Waals surface area contributed by atoms with Gasteiger partial charge in [-0.25, -0.2) is 9.59 Å². The molecule has 5 heteroatoms. The fraction of sp³-hybridized carbons (Fsp3) is 0.333. The van der Waals surface area contributed by atoms with Gasteiger partial charge < -0.3 is 9.84 Å². The van der Waals surface area contributed by atoms with Crippen LogP contribution in [-0.2, 0) is 14.3 Å². The minimum absolute atomic E-state index is 0.409. The Morgan fingerprint density at radius 3 is 2.45 bits per heavy atom. The monoisotopic (exact) mass is 222 g/mol. The van der Waals surface area contributed by atoms with Crippen molar-refractivity contribution in [1.82, 2.24) is 0 Å². The van der Waals surface area contributed by atoms with Gasteiger partial charge in [0.15, 0.2) is 5.01 Å². The van der Waals surface area contributed by atoms with Crippen LogP contribution in [0, 0.1) is 0 Å². The van der Waals surface area contributed by atoms with E-state index in [1.165, 1.54) is 0 Å². The van der Waals surface area contributed by atoms with Gasteiger partial charge in [0.05, 0.1) is 0 Å². The van der Waals surface area contributed by atoms with Crippen molar-refractivity contribution in [3.8, 4) is 0 Å². The van der Waals surface area contributed by atoms with Gasteiger partial charge in [-0.3, -0.25) is 0 Å². The quantitative estimate of drug-likeness (QED) is 0.438. The summed E-state index contributed by atoms with van der Waals surface area (Å²) in [7, 11) is 0. The summed E-state index contributed by atoms with van der Waals surface area (Å²) in [5.74, 6) is -1.86. The molecule has 0 aliphatic carbocycles. The third-order valence-electron chi connectivity index (χ3n) is 0.641. The molecule has 4 nitrogen and oxygen atoms in total. The van der Waals surface area contributed by atoms with Crippen LogP contribution in [0.1, 0.15) is 6.92 Å². The number of alkyl halides is 1. The zero-order valence-electron chi connectivity index (χ0n) is 5.78. The molecule has 0 aliphatic rings. The number of halogens is 1. The molecule has 0 fully saturated rings. The van der Waals surface area contributed by atoms with Crippen LogP contribution in [-0.4, -0.2) is 22.1 Å². The first-order valence-corrected chi connectivity index (χ1v) is 3.69. The Morgan fingerprint density at radius 2 is 2.09 bits per heavy atom. The van der Waals surface area contributed by atoms with Gasteiger partial charge in [-0.2, -0.15) is 0 Å². The number of hydrogen-bond donors (Lipinski definition) is 1. The highest BCUT2D eigenvalue weighted by Gasteiger charge is 2.01. The Kier molecular flexibility index (Phi) is 4.52. The first-order chi connectivity index (χ1) is 5.02. The zero-order chi connectivity index (χ0) is 8.85. The molecule has 0 amide bonds. The SMILES string of the molecule is CC(Br)OC(=O)/C=C\C(=O)O. The van der Waals surface area contributed by atoms with Crippen molar-refractivity contribution >= 4 is 27.9 Å². The maximum absolute atomic E-state index is 10.6. The van der Waals surface area contributed by atoms with Gasteiger partial charge in [0, 0.05) is 12.2 Å². The molecule has 0 aliphatic heterocycles. The summed E-state index contributed by atoms with van der Waals surface area (Å²) in [6, 6.07) is 0. The number of carboxylic acids is 1. The number of esters is 1. The van der Waals surface area contributed by atoms with Crippen LogP contribution in [0.3, 0.4) is 0 Å². The number of aliphatic carboxylic acids is 1. The van der Waals surface area contributed by atoms with Gasteiger partial charge in [-0.15, -0.1) is 0 Å². The molecule has 0 saturated heterocycles. The third-order valence-corrected chi connectivity index (χ3v) is 0.827. The lowest BCUT2D eigenvalue weighted by atomic mass is 10.5. The molecule has 0 saturated carbocycles. The normalized spacial score (nSPS) is 12.9. The summed E-state index contributed by atoms with van der Waals surface area (Å²) in [4.78, 5) is 20.4. The van der Waals surface area contributed by atoms with Gasteiger partial charge in [0.2, 0.25) is 0 Å². The molecule has 0 bridgehead atoms. The zero-order valence-corrected chi connectivity index (χ0v) is 7.37. The number of carbonyl (C=O) groups excluding carboxylic acids is 1. The van der Waals surface area contributed by atoms with Crippen molar-refractivity contribution in [2.24, 2.45) is 0 Å². The average Bonchev–Trinajstić information content (AvgIpc) is 1.82. The van der Waals surface area contributed by atoms with Crippen molar-refractivity contribution < 1.29 is 19.4 Å². The smallest absolute Gasteiger partial charge is 0.332 e. The van der Waals surface area contributed by atoms with Crippen LogP contribution >= 0.6 is 15.9 Å². The summed E-state index contributed by atoms with van der Waals surface area (Å²) in [5, 5.41) is 7.68. The molecule has 0 aromatic heterocycles. The van der Waals surface area contributed by atoms with Gasteiger partial charge >= 0.3 is 11.9 Å². The summed E-state index contributed by atoms with van der Waals surface area (Å²) in [5.41, 5.74) is 0. The number of ether oxygens (including phenoxy) is 1. The number of hydrogen-bond acceptors (Lipinski definition) is 3. The highest BCUT2D eigenvalue weighted by atomic mass is 79.9. The lowest BCUT2D eigenvalue weighted by Crippen LogP contribution is -2.06. The summed E-state index contributed by atoms with van der Waals surface area (Å²) < 4.78 is 4.53. The van der Waals surface area contributed by atoms with Crippen molar-refractivity contribution in [3.05, 3.63) is 12.2 Å². The van der Waals surface area contributed by atoms with E-state index in [2.05, 4.69) is 20.7 Å². The Hall–Kier alpha value is -0.840. The molecule has 0 rings (SSSR count). The number of carbonyl (C=O) groups is 2. The molecule has 0 aromatic rings. The van der Waals surface area contributed by atoms with Crippen LogP contribution in [0.5, 0.6) is 0 Å². The Balaban J connectivity index is 3.78. The molecule has 0 heterocycles. The van der Waals surface area contributed by atoms with E-state index in [4.69, 9.17) is 5.11 Å². The topological polar surface area (TPSA) is 63.6 Å². The molecule has 1 unspecified atom stereocenters. The predicted octanol–water partition coefficient (Wildman–Crippen LogP) is 0.911. The van der Waals surface area contributed by atoms with Crippen molar-refractivity contribution in [1.29, 1.82) is 0 Å². The Labute approximate surface area is 72.0 Å². The summed E-state index contributed by atoms with van der Waals surface area (Å²) >= 11 is 2.96. The molecule has 11 heavy (non-hydrogen) atoms. The molecular formula is C6H7BrO4. The van der Waals surface area contributed by atoms with Crippen molar-refractivity contribution in [2.75, 3.05) is 0 Å². The third kappa shape index (κ3) is 7.05. The first-order valence-electron chi connectivity index (χ1n) is 2.78. The highest BCUT2D eigenvalue weighted by Crippen LogP contribution is 1.99. The predicted molar refractivity (Wildman–Crippen MR) is 41.3 cm³/mol. The van der Waals surface area contributed by atoms with Crippen molar-refractivity contribution in [2.45, 2.75) is 11.9 Å². The summed E-state index contributed by atoms with van der Waals surface area (Å²) in [6.45, 7) is 1.60. The van der Waals surface area contributed by atoms with Crippen LogP contribution in [0.2, 0.25) is 0 Å². The van der Waals surface area contributed by atoms with E-state index in [9.17, 15) is 9.59 Å².